The largest absolute Gasteiger partial charge is 0.475 e. The minimum atomic E-state index is -4.70. The Labute approximate surface area is 817 Å². The first-order valence-corrected chi connectivity index (χ1v) is 46.1. The zero-order valence-corrected chi connectivity index (χ0v) is 80.9. The Morgan fingerprint density at radius 1 is 0.464 bits per heavy atom. The molecule has 7 aromatic carbocycles. The number of para-hydroxylation sites is 2. The molecule has 3 aromatic heterocycles. The number of hydrogen-bond donors (Lipinski definition) is 14. The first kappa shape index (κ1) is 113. The third kappa shape index (κ3) is 34.9. The molecule has 12 rings (SSSR count). The third-order valence-corrected chi connectivity index (χ3v) is 24.2. The van der Waals surface area contributed by atoms with Gasteiger partial charge in [-0.1, -0.05) is 192 Å². The molecule has 5 amide bonds. The number of carbonyl (C=O) groups excluding carboxylic acids is 10. The smallest absolute Gasteiger partial charge is 0.449 e. The number of Topliss-reactive ketones (excluding diaryl/α,β-unsaturated/α-hetero) is 5. The fourth-order valence-electron chi connectivity index (χ4n) is 15.0. The molecule has 140 heavy (non-hydrogen) atoms. The van der Waals surface area contributed by atoms with Crippen molar-refractivity contribution in [2.24, 2.45) is 16.7 Å². The Bertz CT molecular complexity index is 5880. The summed E-state index contributed by atoms with van der Waals surface area (Å²) in [5.74, 6) is -7.84. The Morgan fingerprint density at radius 3 is 1.40 bits per heavy atom. The van der Waals surface area contributed by atoms with Crippen LogP contribution in [0.2, 0.25) is 29.3 Å². The van der Waals surface area contributed by atoms with Crippen LogP contribution < -0.4 is 26.6 Å². The maximum atomic E-state index is 13.9. The van der Waals surface area contributed by atoms with E-state index < -0.39 is 133 Å². The van der Waals surface area contributed by atoms with Crippen molar-refractivity contribution in [1.29, 1.82) is 0 Å². The van der Waals surface area contributed by atoms with Gasteiger partial charge >= 0.3 is 41.6 Å². The van der Waals surface area contributed by atoms with Gasteiger partial charge in [-0.05, 0) is 175 Å². The van der Waals surface area contributed by atoms with Gasteiger partial charge in [-0.25, -0.2) is 19.3 Å². The molecule has 0 bridgehead atoms. The first-order valence-electron chi connectivity index (χ1n) is 45.7. The zero-order valence-electron chi connectivity index (χ0n) is 80.1. The minimum absolute atomic E-state index is 0.00750. The van der Waals surface area contributed by atoms with Crippen LogP contribution in [0.15, 0.2) is 213 Å². The molecule has 40 heteroatoms. The Balaban J connectivity index is 0.000000215. The van der Waals surface area contributed by atoms with Gasteiger partial charge in [-0.15, -0.1) is 0 Å². The highest BCUT2D eigenvalue weighted by Crippen LogP contribution is 2.43. The molecule has 0 saturated heterocycles. The van der Waals surface area contributed by atoms with Gasteiger partial charge in [0.2, 0.25) is 11.8 Å². The van der Waals surface area contributed by atoms with Gasteiger partial charge in [0, 0.05) is 90.9 Å². The quantitative estimate of drug-likeness (QED) is 0.00963. The molecule has 2 fully saturated rings. The second-order valence-electron chi connectivity index (χ2n) is 37.8. The van der Waals surface area contributed by atoms with Crippen LogP contribution in [0.25, 0.3) is 11.0 Å². The number of nitrogens with zero attached hydrogens (tertiary/aromatic N) is 6. The van der Waals surface area contributed by atoms with E-state index in [2.05, 4.69) is 56.5 Å². The van der Waals surface area contributed by atoms with E-state index in [1.54, 1.807) is 96.9 Å². The van der Waals surface area contributed by atoms with Gasteiger partial charge in [0.1, 0.15) is 22.9 Å². The molecule has 10 aromatic rings. The maximum absolute atomic E-state index is 13.9. The summed E-state index contributed by atoms with van der Waals surface area (Å²) in [6.45, 7) is 20.6. The first-order chi connectivity index (χ1) is 65.8. The average Bonchev–Trinajstić information content (AvgIpc) is 1.63. The molecule has 0 aliphatic heterocycles. The number of amides is 5. The Morgan fingerprint density at radius 2 is 0.929 bits per heavy atom. The van der Waals surface area contributed by atoms with Crippen molar-refractivity contribution >= 4 is 116 Å². The number of aryl methyl sites for hydroxylation is 3. The van der Waals surface area contributed by atoms with Crippen LogP contribution in [0.5, 0.6) is 0 Å². The van der Waals surface area contributed by atoms with Crippen molar-refractivity contribution in [2.75, 3.05) is 0 Å². The van der Waals surface area contributed by atoms with E-state index in [4.69, 9.17) is 11.6 Å². The standard InChI is InChI=1S/C22H23BF3NO4.C22H23BFN3O4.C21H23BClNO4.C19H24BN3O4.C16H26BN3O3/c1-14-6-8-15(9-7-14)12-16(23(30)31)13-19(28)21(10-11-21)27-20(29)17-4-2-3-5-18(17)22(24,25)26;1-22(2,12-19(28)18-13-25-16-9-5-6-10-17(16)26-18)21(29)27-20(23(30)31)11-14-7-3-4-8-15(14)24;1-14-2-4-15(5-3-14)12-17(22(27)28)13-19(25)21(10-11-21)24-20(26)16-6-8-18(23)9-7-16;1-13-5-4-6-14(9-13)10-15(20(26)27)11-17(24)19(2,3)23-18(25)16-12-21-7-8-22-16;1-11(2)8-14(17(5)23)20-15(22)16(3,4)9-13(21)12-10-18-6-7-19-12/h2-9,16,30-31H,10-13H2,1H3,(H,27,29);3-10,13,20,30-31H,11-12H2,1-2H3,(H,27,29);2-9,17,27-28H,10-13H2,1H3,(H,24,26);4-9,12,15,26-27H,10-11H2,1-3H3,(H,23,25);6-7,10-11,14,23H,8-9H2,1-5H3,(H,20,22)/t16-;20-;17-;15-;14-/m10110/s1. The lowest BCUT2D eigenvalue weighted by molar-refractivity contribution is -0.138. The van der Waals surface area contributed by atoms with Crippen molar-refractivity contribution in [1.82, 2.24) is 56.5 Å². The van der Waals surface area contributed by atoms with Crippen molar-refractivity contribution < 1.29 is 111 Å². The second-order valence-corrected chi connectivity index (χ2v) is 38.2. The summed E-state index contributed by atoms with van der Waals surface area (Å²) in [6, 6.07) is 46.7. The van der Waals surface area contributed by atoms with Crippen LogP contribution in [0.3, 0.4) is 0 Å². The predicted octanol–water partition coefficient (Wildman–Crippen LogP) is 11.5. The number of aromatic nitrogens is 6. The van der Waals surface area contributed by atoms with E-state index in [-0.39, 0.29) is 108 Å². The molecule has 30 nitrogen and oxygen atoms in total. The maximum Gasteiger partial charge on any atom is 0.475 e. The van der Waals surface area contributed by atoms with Crippen LogP contribution in [-0.4, -0.2) is 197 Å². The summed E-state index contributed by atoms with van der Waals surface area (Å²) in [5, 5.41) is 101. The van der Waals surface area contributed by atoms with E-state index in [9.17, 15) is 111 Å². The van der Waals surface area contributed by atoms with E-state index in [0.29, 0.717) is 72.5 Å². The second kappa shape index (κ2) is 51.2. The van der Waals surface area contributed by atoms with Crippen LogP contribution in [-0.2, 0) is 55.8 Å². The lowest BCUT2D eigenvalue weighted by Gasteiger charge is -2.28. The predicted molar refractivity (Wildman–Crippen MR) is 525 cm³/mol. The number of carbonyl (C=O) groups is 10. The van der Waals surface area contributed by atoms with Gasteiger partial charge in [0.15, 0.2) is 28.9 Å². The van der Waals surface area contributed by atoms with Crippen LogP contribution in [0, 0.1) is 43.3 Å². The van der Waals surface area contributed by atoms with E-state index in [0.717, 1.165) is 45.5 Å². The summed E-state index contributed by atoms with van der Waals surface area (Å²) < 4.78 is 53.5. The highest BCUT2D eigenvalue weighted by atomic mass is 35.5. The number of halogens is 5. The number of alkyl halides is 3. The minimum Gasteiger partial charge on any atom is -0.449 e. The molecule has 2 aliphatic rings. The number of hydrogen-bond acceptors (Lipinski definition) is 25. The average molecular weight is 1940 g/mol. The number of nitrogens with one attached hydrogen (secondary N) is 5. The van der Waals surface area contributed by atoms with Gasteiger partial charge in [0.25, 0.3) is 17.7 Å². The monoisotopic (exact) mass is 1940 g/mol. The molecular formula is C100H119B5ClF4N11O19. The molecule has 0 unspecified atom stereocenters. The normalized spacial score (nSPS) is 13.8. The van der Waals surface area contributed by atoms with Crippen LogP contribution in [0.4, 0.5) is 17.6 Å². The van der Waals surface area contributed by atoms with Crippen LogP contribution in [0.1, 0.15) is 216 Å². The van der Waals surface area contributed by atoms with Crippen molar-refractivity contribution in [3.63, 3.8) is 0 Å². The molecule has 5 atom stereocenters. The SMILES string of the molecule is CB(O)[C@H](CC(C)C)NC(=O)C(C)(C)CC(=O)c1cnccn1.CC(C)(CC(=O)c1cnc2ccccc2n1)C(=O)N[C@@H](Cc1ccccc1F)B(O)O.Cc1ccc(C[C@H](CC(=O)C2(NC(=O)c3ccc(Cl)cc3)CC2)B(O)O)cc1.Cc1ccc(C[C@H](CC(=O)C2(NC(=O)c3ccccc3C(F)(F)F)CC2)B(O)O)cc1.Cc1cccc(C[C@H](CC(=O)C(C)(C)NC(=O)c2cnccn2)B(O)O)c1. The number of fused-ring (bicyclic) bond motifs is 1. The molecule has 0 spiro atoms. The molecule has 3 heterocycles. The lowest BCUT2D eigenvalue weighted by atomic mass is 9.60. The number of benzene rings is 7. The van der Waals surface area contributed by atoms with Gasteiger partial charge in [0.05, 0.1) is 74.1 Å². The summed E-state index contributed by atoms with van der Waals surface area (Å²) in [5.41, 5.74) is 1.25. The summed E-state index contributed by atoms with van der Waals surface area (Å²) in [6.07, 6.45) is 7.97. The summed E-state index contributed by atoms with van der Waals surface area (Å²) in [4.78, 5) is 150. The highest BCUT2D eigenvalue weighted by molar-refractivity contribution is 6.51. The summed E-state index contributed by atoms with van der Waals surface area (Å²) >= 11 is 5.84. The van der Waals surface area contributed by atoms with Gasteiger partial charge in [-0.2, -0.15) is 13.2 Å². The third-order valence-electron chi connectivity index (χ3n) is 23.9. The molecule has 14 N–H and O–H groups in total. The van der Waals surface area contributed by atoms with E-state index in [1.165, 1.54) is 73.7 Å². The molecule has 738 valence electrons. The molecule has 0 radical (unpaired) electrons. The highest BCUT2D eigenvalue weighted by Gasteiger charge is 2.54. The number of rotatable bonds is 40. The van der Waals surface area contributed by atoms with Gasteiger partial charge in [-0.3, -0.25) is 62.9 Å². The fraction of sp³-hybridized carbons (Fsp3) is 0.380. The van der Waals surface area contributed by atoms with Crippen molar-refractivity contribution in [3.8, 4) is 0 Å². The molecule has 2 saturated carbocycles. The van der Waals surface area contributed by atoms with Crippen LogP contribution >= 0.6 is 11.6 Å². The van der Waals surface area contributed by atoms with Gasteiger partial charge < -0.3 is 71.8 Å². The Hall–Kier alpha value is -12.3. The van der Waals surface area contributed by atoms with E-state index >= 15 is 0 Å². The topological polar surface area (TPSA) is 490 Å². The number of ketones is 5. The zero-order chi connectivity index (χ0) is 103. The molecule has 2 aliphatic carbocycles. The molecular weight excluding hydrogens is 1820 g/mol. The van der Waals surface area contributed by atoms with E-state index in [1.807, 2.05) is 113 Å². The Kier molecular flexibility index (Phi) is 41.3. The fourth-order valence-corrected chi connectivity index (χ4v) is 15.1. The van der Waals surface area contributed by atoms with Crippen molar-refractivity contribution in [2.45, 2.75) is 225 Å². The lowest BCUT2D eigenvalue weighted by Crippen LogP contribution is -2.52. The summed E-state index contributed by atoms with van der Waals surface area (Å²) in [7, 11) is -6.89. The van der Waals surface area contributed by atoms with Crippen molar-refractivity contribution in [3.05, 3.63) is 297 Å².